The number of para-hydroxylation sites is 1. The normalized spacial score (nSPS) is 15.1. The molecule has 1 fully saturated rings. The van der Waals surface area contributed by atoms with E-state index in [4.69, 9.17) is 13.9 Å². The molecule has 0 saturated carbocycles. The van der Waals surface area contributed by atoms with Crippen molar-refractivity contribution in [3.8, 4) is 11.5 Å². The van der Waals surface area contributed by atoms with Crippen molar-refractivity contribution < 1.29 is 28.3 Å². The van der Waals surface area contributed by atoms with Crippen molar-refractivity contribution in [1.82, 2.24) is 15.8 Å². The van der Waals surface area contributed by atoms with Crippen LogP contribution in [-0.2, 0) is 16.1 Å². The summed E-state index contributed by atoms with van der Waals surface area (Å²) in [4.78, 5) is 38.7. The standard InChI is InChI=1S/C25H25N3O6/c29-23-15-19(16-28(23)17-22-10-5-11-32-22)25(31)27-26-24(30)18-6-4-9-21(14-18)34-13-12-33-20-7-2-1-3-8-20/h1-11,14,19H,12-13,15-17H2,(H,26,30)(H,27,31). The van der Waals surface area contributed by atoms with Crippen LogP contribution in [0, 0.1) is 5.92 Å². The first-order chi connectivity index (χ1) is 16.6. The van der Waals surface area contributed by atoms with Crippen LogP contribution in [0.25, 0.3) is 0 Å². The maximum atomic E-state index is 12.5. The van der Waals surface area contributed by atoms with Crippen LogP contribution in [0.15, 0.2) is 77.4 Å². The molecule has 34 heavy (non-hydrogen) atoms. The number of carbonyl (C=O) groups excluding carboxylic acids is 3. The molecule has 2 N–H and O–H groups in total. The van der Waals surface area contributed by atoms with Gasteiger partial charge in [-0.25, -0.2) is 0 Å². The number of hydrogen-bond donors (Lipinski definition) is 2. The second kappa shape index (κ2) is 11.0. The topological polar surface area (TPSA) is 110 Å². The summed E-state index contributed by atoms with van der Waals surface area (Å²) in [5.41, 5.74) is 5.13. The zero-order chi connectivity index (χ0) is 23.8. The fraction of sp³-hybridized carbons (Fsp3) is 0.240. The Labute approximate surface area is 196 Å². The number of nitrogens with one attached hydrogen (secondary N) is 2. The van der Waals surface area contributed by atoms with Gasteiger partial charge in [0, 0.05) is 18.5 Å². The summed E-state index contributed by atoms with van der Waals surface area (Å²) in [5.74, 6) is 0.307. The average Bonchev–Trinajstić information content (AvgIpc) is 3.51. The average molecular weight is 463 g/mol. The molecule has 1 aliphatic rings. The summed E-state index contributed by atoms with van der Waals surface area (Å²) in [6.07, 6.45) is 1.62. The van der Waals surface area contributed by atoms with Crippen molar-refractivity contribution in [3.63, 3.8) is 0 Å². The number of amides is 3. The third-order valence-electron chi connectivity index (χ3n) is 5.27. The maximum Gasteiger partial charge on any atom is 0.269 e. The van der Waals surface area contributed by atoms with E-state index < -0.39 is 17.7 Å². The van der Waals surface area contributed by atoms with Crippen LogP contribution in [0.1, 0.15) is 22.5 Å². The van der Waals surface area contributed by atoms with E-state index in [-0.39, 0.29) is 18.9 Å². The zero-order valence-corrected chi connectivity index (χ0v) is 18.4. The van der Waals surface area contributed by atoms with Gasteiger partial charge in [-0.1, -0.05) is 24.3 Å². The molecular weight excluding hydrogens is 438 g/mol. The van der Waals surface area contributed by atoms with Gasteiger partial charge in [0.1, 0.15) is 30.5 Å². The molecule has 0 radical (unpaired) electrons. The lowest BCUT2D eigenvalue weighted by Crippen LogP contribution is -2.45. The SMILES string of the molecule is O=C(NNC(=O)C1CC(=O)N(Cc2ccco2)C1)c1cccc(OCCOc2ccccc2)c1. The number of nitrogens with zero attached hydrogens (tertiary/aromatic N) is 1. The molecule has 1 saturated heterocycles. The van der Waals surface area contributed by atoms with Crippen LogP contribution in [0.5, 0.6) is 11.5 Å². The van der Waals surface area contributed by atoms with Gasteiger partial charge in [-0.05, 0) is 42.5 Å². The number of furan rings is 1. The number of hydrazine groups is 1. The Balaban J connectivity index is 1.21. The highest BCUT2D eigenvalue weighted by atomic mass is 16.5. The molecule has 2 heterocycles. The first-order valence-corrected chi connectivity index (χ1v) is 10.9. The van der Waals surface area contributed by atoms with Crippen LogP contribution < -0.4 is 20.3 Å². The quantitative estimate of drug-likeness (QED) is 0.373. The van der Waals surface area contributed by atoms with Gasteiger partial charge >= 0.3 is 0 Å². The molecule has 4 rings (SSSR count). The highest BCUT2D eigenvalue weighted by molar-refractivity contribution is 5.96. The molecule has 1 aromatic heterocycles. The van der Waals surface area contributed by atoms with E-state index in [0.29, 0.717) is 36.8 Å². The summed E-state index contributed by atoms with van der Waals surface area (Å²) in [6.45, 7) is 1.23. The summed E-state index contributed by atoms with van der Waals surface area (Å²) in [6, 6.07) is 19.5. The molecule has 1 aliphatic heterocycles. The Morgan fingerprint density at radius 3 is 2.47 bits per heavy atom. The van der Waals surface area contributed by atoms with Gasteiger partial charge < -0.3 is 18.8 Å². The zero-order valence-electron chi connectivity index (χ0n) is 18.4. The molecule has 2 aromatic carbocycles. The number of carbonyl (C=O) groups is 3. The largest absolute Gasteiger partial charge is 0.490 e. The minimum atomic E-state index is -0.554. The molecular formula is C25H25N3O6. The van der Waals surface area contributed by atoms with Gasteiger partial charge in [-0.2, -0.15) is 0 Å². The molecule has 9 heteroatoms. The van der Waals surface area contributed by atoms with E-state index in [1.807, 2.05) is 30.3 Å². The van der Waals surface area contributed by atoms with Crippen LogP contribution in [-0.4, -0.2) is 42.4 Å². The number of ether oxygens (including phenoxy) is 2. The molecule has 9 nitrogen and oxygen atoms in total. The van der Waals surface area contributed by atoms with Crippen LogP contribution in [0.2, 0.25) is 0 Å². The monoisotopic (exact) mass is 463 g/mol. The van der Waals surface area contributed by atoms with Crippen LogP contribution in [0.4, 0.5) is 0 Å². The second-order valence-corrected chi connectivity index (χ2v) is 7.74. The van der Waals surface area contributed by atoms with Crippen LogP contribution in [0.3, 0.4) is 0 Å². The Bertz CT molecular complexity index is 1120. The molecule has 3 amide bonds. The first kappa shape index (κ1) is 22.9. The lowest BCUT2D eigenvalue weighted by atomic mass is 10.1. The lowest BCUT2D eigenvalue weighted by molar-refractivity contribution is -0.129. The molecule has 1 unspecified atom stereocenters. The van der Waals surface area contributed by atoms with Crippen molar-refractivity contribution in [3.05, 3.63) is 84.3 Å². The first-order valence-electron chi connectivity index (χ1n) is 10.9. The van der Waals surface area contributed by atoms with Crippen molar-refractivity contribution in [2.24, 2.45) is 5.92 Å². The maximum absolute atomic E-state index is 12.5. The highest BCUT2D eigenvalue weighted by Crippen LogP contribution is 2.20. The lowest BCUT2D eigenvalue weighted by Gasteiger charge is -2.15. The number of rotatable bonds is 9. The fourth-order valence-corrected chi connectivity index (χ4v) is 3.55. The van der Waals surface area contributed by atoms with E-state index in [9.17, 15) is 14.4 Å². The molecule has 3 aromatic rings. The van der Waals surface area contributed by atoms with Crippen molar-refractivity contribution in [2.45, 2.75) is 13.0 Å². The molecule has 0 aliphatic carbocycles. The van der Waals surface area contributed by atoms with Gasteiger partial charge in [-0.15, -0.1) is 0 Å². The minimum absolute atomic E-state index is 0.0801. The minimum Gasteiger partial charge on any atom is -0.490 e. The van der Waals surface area contributed by atoms with Gasteiger partial charge in [0.2, 0.25) is 11.8 Å². The predicted molar refractivity (Wildman–Crippen MR) is 122 cm³/mol. The Hall–Kier alpha value is -4.27. The van der Waals surface area contributed by atoms with E-state index in [1.165, 1.54) is 6.26 Å². The van der Waals surface area contributed by atoms with Gasteiger partial charge in [0.05, 0.1) is 18.7 Å². The highest BCUT2D eigenvalue weighted by Gasteiger charge is 2.34. The van der Waals surface area contributed by atoms with Crippen molar-refractivity contribution in [1.29, 1.82) is 0 Å². The summed E-state index contributed by atoms with van der Waals surface area (Å²) in [7, 11) is 0. The van der Waals surface area contributed by atoms with Crippen molar-refractivity contribution >= 4 is 17.7 Å². The van der Waals surface area contributed by atoms with Gasteiger partial charge in [0.25, 0.3) is 5.91 Å². The fourth-order valence-electron chi connectivity index (χ4n) is 3.55. The molecule has 176 valence electrons. The Kier molecular flexibility index (Phi) is 7.44. The van der Waals surface area contributed by atoms with Gasteiger partial charge in [-0.3, -0.25) is 25.2 Å². The van der Waals surface area contributed by atoms with E-state index in [1.54, 1.807) is 41.3 Å². The molecule has 1 atom stereocenters. The number of hydrogen-bond acceptors (Lipinski definition) is 6. The molecule has 0 spiro atoms. The summed E-state index contributed by atoms with van der Waals surface area (Å²) in [5, 5.41) is 0. The molecule has 0 bridgehead atoms. The van der Waals surface area contributed by atoms with E-state index >= 15 is 0 Å². The number of likely N-dealkylation sites (tertiary alicyclic amines) is 1. The Morgan fingerprint density at radius 2 is 1.71 bits per heavy atom. The third-order valence-corrected chi connectivity index (χ3v) is 5.27. The van der Waals surface area contributed by atoms with E-state index in [2.05, 4.69) is 10.9 Å². The Morgan fingerprint density at radius 1 is 0.941 bits per heavy atom. The van der Waals surface area contributed by atoms with E-state index in [0.717, 1.165) is 5.75 Å². The van der Waals surface area contributed by atoms with Crippen molar-refractivity contribution in [2.75, 3.05) is 19.8 Å². The summed E-state index contributed by atoms with van der Waals surface area (Å²) < 4.78 is 16.5. The number of benzene rings is 2. The third kappa shape index (κ3) is 6.16. The second-order valence-electron chi connectivity index (χ2n) is 7.74. The predicted octanol–water partition coefficient (Wildman–Crippen LogP) is 2.55. The smallest absolute Gasteiger partial charge is 0.269 e. The summed E-state index contributed by atoms with van der Waals surface area (Å²) >= 11 is 0. The van der Waals surface area contributed by atoms with Gasteiger partial charge in [0.15, 0.2) is 0 Å². The van der Waals surface area contributed by atoms with Crippen LogP contribution >= 0.6 is 0 Å².